The molecular formula is C25H21FN4O3. The van der Waals surface area contributed by atoms with E-state index in [0.29, 0.717) is 35.2 Å². The molecule has 0 spiro atoms. The van der Waals surface area contributed by atoms with Gasteiger partial charge in [0.15, 0.2) is 0 Å². The molecule has 0 saturated heterocycles. The van der Waals surface area contributed by atoms with Gasteiger partial charge in [0, 0.05) is 23.5 Å². The highest BCUT2D eigenvalue weighted by Crippen LogP contribution is 2.25. The van der Waals surface area contributed by atoms with Crippen LogP contribution in [0.5, 0.6) is 5.75 Å². The maximum Gasteiger partial charge on any atom is 0.276 e. The molecule has 0 aliphatic rings. The predicted octanol–water partition coefficient (Wildman–Crippen LogP) is 4.71. The molecule has 0 atom stereocenters. The smallest absolute Gasteiger partial charge is 0.276 e. The van der Waals surface area contributed by atoms with Gasteiger partial charge in [-0.15, -0.1) is 0 Å². The van der Waals surface area contributed by atoms with Crippen LogP contribution in [0.2, 0.25) is 0 Å². The van der Waals surface area contributed by atoms with Crippen LogP contribution in [0.4, 0.5) is 4.39 Å². The second-order valence-electron chi connectivity index (χ2n) is 7.58. The van der Waals surface area contributed by atoms with Gasteiger partial charge in [-0.3, -0.25) is 4.79 Å². The van der Waals surface area contributed by atoms with Crippen LogP contribution in [0.25, 0.3) is 28.2 Å². The number of aromatic nitrogens is 4. The lowest BCUT2D eigenvalue weighted by atomic mass is 10.1. The minimum Gasteiger partial charge on any atom is -0.494 e. The average Bonchev–Trinajstić information content (AvgIpc) is 3.41. The molecule has 0 amide bonds. The highest BCUT2D eigenvalue weighted by molar-refractivity contribution is 5.65. The minimum absolute atomic E-state index is 0.205. The van der Waals surface area contributed by atoms with Gasteiger partial charge in [-0.1, -0.05) is 0 Å². The summed E-state index contributed by atoms with van der Waals surface area (Å²) >= 11 is 0. The van der Waals surface area contributed by atoms with Crippen molar-refractivity contribution in [2.24, 2.45) is 0 Å². The van der Waals surface area contributed by atoms with Crippen LogP contribution in [0.15, 0.2) is 76.2 Å². The van der Waals surface area contributed by atoms with E-state index >= 15 is 0 Å². The Morgan fingerprint density at radius 2 is 1.76 bits per heavy atom. The lowest BCUT2D eigenvalue weighted by Crippen LogP contribution is -2.22. The van der Waals surface area contributed by atoms with E-state index in [1.54, 1.807) is 35.2 Å². The monoisotopic (exact) mass is 444 g/mol. The first-order chi connectivity index (χ1) is 16.0. The van der Waals surface area contributed by atoms with Gasteiger partial charge in [-0.05, 0) is 68.4 Å². The van der Waals surface area contributed by atoms with E-state index in [4.69, 9.17) is 9.15 Å². The molecule has 0 fully saturated rings. The molecule has 2 aromatic carbocycles. The molecule has 33 heavy (non-hydrogen) atoms. The van der Waals surface area contributed by atoms with Gasteiger partial charge >= 0.3 is 0 Å². The number of ether oxygens (including phenoxy) is 1. The number of hydrogen-bond acceptors (Lipinski definition) is 5. The van der Waals surface area contributed by atoms with Crippen LogP contribution < -0.4 is 10.3 Å². The fourth-order valence-corrected chi connectivity index (χ4v) is 3.63. The van der Waals surface area contributed by atoms with E-state index in [1.165, 1.54) is 16.6 Å². The van der Waals surface area contributed by atoms with E-state index in [-0.39, 0.29) is 17.9 Å². The summed E-state index contributed by atoms with van der Waals surface area (Å²) in [4.78, 5) is 17.7. The maximum absolute atomic E-state index is 13.2. The predicted molar refractivity (Wildman–Crippen MR) is 122 cm³/mol. The number of nitrogens with zero attached hydrogens (tertiary/aromatic N) is 4. The quantitative estimate of drug-likeness (QED) is 0.379. The number of aryl methyl sites for hydroxylation is 1. The number of fused-ring (bicyclic) bond motifs is 1. The number of rotatable bonds is 6. The average molecular weight is 444 g/mol. The van der Waals surface area contributed by atoms with Gasteiger partial charge in [-0.25, -0.2) is 13.9 Å². The third-order valence-electron chi connectivity index (χ3n) is 5.37. The fourth-order valence-electron chi connectivity index (χ4n) is 3.63. The van der Waals surface area contributed by atoms with Crippen molar-refractivity contribution in [1.82, 2.24) is 19.2 Å². The SMILES string of the molecule is CCOc1ccc(-c2nc(Cn3ccn4nc(-c5ccc(F)cc5)cc4c3=O)c(C)o2)cc1. The third kappa shape index (κ3) is 4.03. The standard InChI is InChI=1S/C25H21FN4O3/c1-3-32-20-10-6-18(7-11-20)24-27-22(16(2)33-24)15-29-12-13-30-23(25(29)31)14-21(28-30)17-4-8-19(26)9-5-17/h4-14H,3,15H2,1-2H3. The van der Waals surface area contributed by atoms with Crippen molar-refractivity contribution in [3.63, 3.8) is 0 Å². The zero-order valence-electron chi connectivity index (χ0n) is 18.2. The van der Waals surface area contributed by atoms with E-state index < -0.39 is 0 Å². The lowest BCUT2D eigenvalue weighted by molar-refractivity contribution is 0.340. The van der Waals surface area contributed by atoms with Crippen LogP contribution in [0, 0.1) is 12.7 Å². The van der Waals surface area contributed by atoms with E-state index in [9.17, 15) is 9.18 Å². The van der Waals surface area contributed by atoms with Crippen molar-refractivity contribution in [2.75, 3.05) is 6.61 Å². The molecule has 0 saturated carbocycles. The Morgan fingerprint density at radius 3 is 2.48 bits per heavy atom. The van der Waals surface area contributed by atoms with Crippen LogP contribution in [-0.2, 0) is 6.54 Å². The Bertz CT molecular complexity index is 1480. The highest BCUT2D eigenvalue weighted by Gasteiger charge is 2.15. The molecule has 3 heterocycles. The number of oxazole rings is 1. The van der Waals surface area contributed by atoms with Crippen molar-refractivity contribution < 1.29 is 13.5 Å². The zero-order valence-corrected chi connectivity index (χ0v) is 18.2. The first kappa shape index (κ1) is 20.7. The minimum atomic E-state index is -0.322. The first-order valence-corrected chi connectivity index (χ1v) is 10.6. The Labute approximate surface area is 188 Å². The number of halogens is 1. The summed E-state index contributed by atoms with van der Waals surface area (Å²) in [6.07, 6.45) is 3.38. The lowest BCUT2D eigenvalue weighted by Gasteiger charge is -2.04. The Kier molecular flexibility index (Phi) is 5.26. The van der Waals surface area contributed by atoms with Gasteiger partial charge < -0.3 is 13.7 Å². The molecule has 5 aromatic rings. The Hall–Kier alpha value is -4.20. The van der Waals surface area contributed by atoms with Crippen LogP contribution >= 0.6 is 0 Å². The van der Waals surface area contributed by atoms with Crippen LogP contribution in [-0.4, -0.2) is 25.8 Å². The molecule has 0 N–H and O–H groups in total. The summed E-state index contributed by atoms with van der Waals surface area (Å²) in [6, 6.07) is 15.2. The molecule has 5 rings (SSSR count). The van der Waals surface area contributed by atoms with E-state index in [1.807, 2.05) is 38.1 Å². The second-order valence-corrected chi connectivity index (χ2v) is 7.58. The third-order valence-corrected chi connectivity index (χ3v) is 5.37. The van der Waals surface area contributed by atoms with Gasteiger partial charge in [0.05, 0.1) is 18.8 Å². The summed E-state index contributed by atoms with van der Waals surface area (Å²) in [5, 5.41) is 4.44. The highest BCUT2D eigenvalue weighted by atomic mass is 19.1. The van der Waals surface area contributed by atoms with Gasteiger partial charge in [0.2, 0.25) is 5.89 Å². The molecule has 0 unspecified atom stereocenters. The number of benzene rings is 2. The summed E-state index contributed by atoms with van der Waals surface area (Å²) in [6.45, 7) is 4.63. The van der Waals surface area contributed by atoms with Gasteiger partial charge in [0.25, 0.3) is 5.56 Å². The molecule has 7 nitrogen and oxygen atoms in total. The van der Waals surface area contributed by atoms with Crippen LogP contribution in [0.1, 0.15) is 18.4 Å². The van der Waals surface area contributed by atoms with E-state index in [2.05, 4.69) is 10.1 Å². The molecule has 0 radical (unpaired) electrons. The molecule has 3 aromatic heterocycles. The fraction of sp³-hybridized carbons (Fsp3) is 0.160. The summed E-state index contributed by atoms with van der Waals surface area (Å²) < 4.78 is 27.7. The Morgan fingerprint density at radius 1 is 1.03 bits per heavy atom. The number of hydrogen-bond donors (Lipinski definition) is 0. The van der Waals surface area contributed by atoms with Crippen molar-refractivity contribution >= 4 is 5.52 Å². The van der Waals surface area contributed by atoms with Gasteiger partial charge in [0.1, 0.15) is 28.5 Å². The topological polar surface area (TPSA) is 74.6 Å². The summed E-state index contributed by atoms with van der Waals surface area (Å²) in [7, 11) is 0. The summed E-state index contributed by atoms with van der Waals surface area (Å²) in [5.74, 6) is 1.59. The van der Waals surface area contributed by atoms with Gasteiger partial charge in [-0.2, -0.15) is 5.10 Å². The molecule has 0 aliphatic carbocycles. The van der Waals surface area contributed by atoms with E-state index in [0.717, 1.165) is 16.9 Å². The normalized spacial score (nSPS) is 11.2. The molecule has 0 aliphatic heterocycles. The Balaban J connectivity index is 1.44. The molecule has 0 bridgehead atoms. The maximum atomic E-state index is 13.2. The van der Waals surface area contributed by atoms with Crippen molar-refractivity contribution in [3.8, 4) is 28.5 Å². The molecular weight excluding hydrogens is 423 g/mol. The first-order valence-electron chi connectivity index (χ1n) is 10.6. The van der Waals surface area contributed by atoms with Crippen molar-refractivity contribution in [2.45, 2.75) is 20.4 Å². The van der Waals surface area contributed by atoms with Crippen molar-refractivity contribution in [3.05, 3.63) is 94.6 Å². The largest absolute Gasteiger partial charge is 0.494 e. The second kappa shape index (κ2) is 8.38. The van der Waals surface area contributed by atoms with Crippen molar-refractivity contribution in [1.29, 1.82) is 0 Å². The zero-order chi connectivity index (χ0) is 22.9. The summed E-state index contributed by atoms with van der Waals surface area (Å²) in [5.41, 5.74) is 3.05. The van der Waals surface area contributed by atoms with Crippen LogP contribution in [0.3, 0.4) is 0 Å². The molecule has 166 valence electrons. The molecule has 8 heteroatoms.